The molecule has 5 nitrogen and oxygen atoms in total. The number of amides is 1. The molecule has 3 heterocycles. The Labute approximate surface area is 145 Å². The second-order valence-electron chi connectivity index (χ2n) is 7.40. The summed E-state index contributed by atoms with van der Waals surface area (Å²) in [6, 6.07) is 2.41. The normalized spacial score (nSPS) is 24.0. The topological polar surface area (TPSA) is 58.1 Å². The molecule has 2 aromatic heterocycles. The number of thiophene rings is 1. The first-order chi connectivity index (χ1) is 11.8. The Kier molecular flexibility index (Phi) is 3.47. The molecule has 3 aliphatic rings. The van der Waals surface area contributed by atoms with E-state index in [0.717, 1.165) is 47.3 Å². The van der Waals surface area contributed by atoms with Gasteiger partial charge >= 0.3 is 0 Å². The summed E-state index contributed by atoms with van der Waals surface area (Å²) in [5.41, 5.74) is 0. The van der Waals surface area contributed by atoms with Crippen molar-refractivity contribution >= 4 is 33.3 Å². The van der Waals surface area contributed by atoms with E-state index in [-0.39, 0.29) is 11.9 Å². The van der Waals surface area contributed by atoms with E-state index in [9.17, 15) is 4.79 Å². The number of carbonyl (C=O) groups is 1. The average molecular weight is 342 g/mol. The average Bonchev–Trinajstić information content (AvgIpc) is 3.51. The number of nitrogens with one attached hydrogen (secondary N) is 1. The van der Waals surface area contributed by atoms with Gasteiger partial charge in [-0.3, -0.25) is 4.79 Å². The van der Waals surface area contributed by atoms with Gasteiger partial charge in [-0.25, -0.2) is 9.97 Å². The molecule has 24 heavy (non-hydrogen) atoms. The van der Waals surface area contributed by atoms with Gasteiger partial charge in [0.15, 0.2) is 0 Å². The van der Waals surface area contributed by atoms with Gasteiger partial charge in [-0.2, -0.15) is 0 Å². The molecule has 5 rings (SSSR count). The lowest BCUT2D eigenvalue weighted by Gasteiger charge is -2.27. The Hall–Kier alpha value is -1.69. The smallest absolute Gasteiger partial charge is 0.242 e. The number of anilines is 1. The molecule has 0 aromatic carbocycles. The third kappa shape index (κ3) is 2.57. The van der Waals surface area contributed by atoms with Crippen LogP contribution in [0.25, 0.3) is 10.2 Å². The highest BCUT2D eigenvalue weighted by atomic mass is 32.1. The molecule has 6 heteroatoms. The molecule has 126 valence electrons. The summed E-state index contributed by atoms with van der Waals surface area (Å²) < 4.78 is 0. The zero-order valence-electron chi connectivity index (χ0n) is 13.6. The molecular weight excluding hydrogens is 320 g/mol. The number of fused-ring (bicyclic) bond motifs is 1. The minimum atomic E-state index is -0.0806. The fraction of sp³-hybridized carbons (Fsp3) is 0.611. The monoisotopic (exact) mass is 342 g/mol. The van der Waals surface area contributed by atoms with Crippen LogP contribution in [0, 0.1) is 11.8 Å². The summed E-state index contributed by atoms with van der Waals surface area (Å²) in [7, 11) is 0. The highest BCUT2D eigenvalue weighted by Crippen LogP contribution is 2.44. The van der Waals surface area contributed by atoms with Gasteiger partial charge < -0.3 is 10.2 Å². The molecule has 1 atom stereocenters. The summed E-state index contributed by atoms with van der Waals surface area (Å²) in [5.74, 6) is 2.60. The van der Waals surface area contributed by atoms with Crippen molar-refractivity contribution < 1.29 is 4.79 Å². The van der Waals surface area contributed by atoms with Crippen LogP contribution in [-0.4, -0.2) is 34.5 Å². The van der Waals surface area contributed by atoms with Gasteiger partial charge in [0.05, 0.1) is 5.39 Å². The van der Waals surface area contributed by atoms with Crippen LogP contribution in [0.15, 0.2) is 17.8 Å². The molecule has 0 radical (unpaired) electrons. The molecule has 0 bridgehead atoms. The predicted molar refractivity (Wildman–Crippen MR) is 95.2 cm³/mol. The molecule has 2 aromatic rings. The fourth-order valence-electron chi connectivity index (χ4n) is 4.09. The highest BCUT2D eigenvalue weighted by Gasteiger charge is 2.44. The SMILES string of the molecule is O=C(NC(C1CC1)C1CC1)[C@H]1CCCN1c1ncnc2sccc12. The van der Waals surface area contributed by atoms with Crippen molar-refractivity contribution in [2.75, 3.05) is 11.4 Å². The third-order valence-electron chi connectivity index (χ3n) is 5.64. The van der Waals surface area contributed by atoms with E-state index in [0.29, 0.717) is 6.04 Å². The van der Waals surface area contributed by atoms with Crippen molar-refractivity contribution in [2.45, 2.75) is 50.6 Å². The van der Waals surface area contributed by atoms with E-state index in [4.69, 9.17) is 0 Å². The van der Waals surface area contributed by atoms with Crippen molar-refractivity contribution in [3.63, 3.8) is 0 Å². The molecule has 2 aliphatic carbocycles. The molecule has 1 amide bonds. The van der Waals surface area contributed by atoms with E-state index in [1.54, 1.807) is 17.7 Å². The second kappa shape index (κ2) is 5.69. The Morgan fingerprint density at radius 2 is 2.00 bits per heavy atom. The number of hydrogen-bond acceptors (Lipinski definition) is 5. The van der Waals surface area contributed by atoms with Gasteiger partial charge in [-0.15, -0.1) is 11.3 Å². The first-order valence-electron chi connectivity index (χ1n) is 9.06. The molecule has 0 unspecified atom stereocenters. The van der Waals surface area contributed by atoms with Crippen LogP contribution in [0.2, 0.25) is 0 Å². The van der Waals surface area contributed by atoms with Crippen LogP contribution < -0.4 is 10.2 Å². The number of rotatable bonds is 5. The van der Waals surface area contributed by atoms with Crippen LogP contribution in [0.3, 0.4) is 0 Å². The zero-order chi connectivity index (χ0) is 16.1. The minimum absolute atomic E-state index is 0.0806. The van der Waals surface area contributed by atoms with Crippen LogP contribution in [-0.2, 0) is 4.79 Å². The largest absolute Gasteiger partial charge is 0.351 e. The lowest BCUT2D eigenvalue weighted by atomic mass is 10.1. The number of hydrogen-bond donors (Lipinski definition) is 1. The van der Waals surface area contributed by atoms with Crippen molar-refractivity contribution in [3.05, 3.63) is 17.8 Å². The Bertz CT molecular complexity index is 755. The van der Waals surface area contributed by atoms with E-state index >= 15 is 0 Å². The fourth-order valence-corrected chi connectivity index (χ4v) is 4.82. The van der Waals surface area contributed by atoms with Crippen molar-refractivity contribution in [1.29, 1.82) is 0 Å². The molecular formula is C18H22N4OS. The summed E-state index contributed by atoms with van der Waals surface area (Å²) in [6.45, 7) is 0.900. The molecule has 3 fully saturated rings. The molecule has 1 saturated heterocycles. The Morgan fingerprint density at radius 1 is 1.21 bits per heavy atom. The summed E-state index contributed by atoms with van der Waals surface area (Å²) in [4.78, 5) is 25.0. The molecule has 1 N–H and O–H groups in total. The maximum absolute atomic E-state index is 13.0. The van der Waals surface area contributed by atoms with Gasteiger partial charge in [0.2, 0.25) is 5.91 Å². The predicted octanol–water partition coefficient (Wildman–Crippen LogP) is 2.96. The standard InChI is InChI=1S/C18H22N4OS/c23-17(21-15(11-3-4-11)12-5-6-12)14-2-1-8-22(14)16-13-7-9-24-18(13)20-10-19-16/h7,9-12,14-15H,1-6,8H2,(H,21,23)/t14-/m1/s1. The highest BCUT2D eigenvalue weighted by molar-refractivity contribution is 7.16. The van der Waals surface area contributed by atoms with Gasteiger partial charge in [0.1, 0.15) is 23.0 Å². The Morgan fingerprint density at radius 3 is 2.75 bits per heavy atom. The number of carbonyl (C=O) groups excluding carboxylic acids is 1. The Balaban J connectivity index is 1.38. The van der Waals surface area contributed by atoms with Crippen LogP contribution in [0.1, 0.15) is 38.5 Å². The maximum atomic E-state index is 13.0. The van der Waals surface area contributed by atoms with E-state index < -0.39 is 0 Å². The van der Waals surface area contributed by atoms with Gasteiger partial charge in [0, 0.05) is 12.6 Å². The minimum Gasteiger partial charge on any atom is -0.351 e. The van der Waals surface area contributed by atoms with Gasteiger partial charge in [-0.1, -0.05) is 0 Å². The first kappa shape index (κ1) is 14.6. The van der Waals surface area contributed by atoms with Crippen LogP contribution in [0.4, 0.5) is 5.82 Å². The van der Waals surface area contributed by atoms with E-state index in [2.05, 4.69) is 26.3 Å². The van der Waals surface area contributed by atoms with Crippen LogP contribution >= 0.6 is 11.3 Å². The van der Waals surface area contributed by atoms with E-state index in [1.807, 2.05) is 5.38 Å². The maximum Gasteiger partial charge on any atom is 0.242 e. The summed E-state index contributed by atoms with van der Waals surface area (Å²) >= 11 is 1.63. The van der Waals surface area contributed by atoms with Crippen LogP contribution in [0.5, 0.6) is 0 Å². The van der Waals surface area contributed by atoms with Gasteiger partial charge in [-0.05, 0) is 61.8 Å². The lowest BCUT2D eigenvalue weighted by molar-refractivity contribution is -0.123. The number of aromatic nitrogens is 2. The first-order valence-corrected chi connectivity index (χ1v) is 9.94. The van der Waals surface area contributed by atoms with E-state index in [1.165, 1.54) is 25.7 Å². The lowest BCUT2D eigenvalue weighted by Crippen LogP contribution is -2.48. The van der Waals surface area contributed by atoms with Crippen molar-refractivity contribution in [3.8, 4) is 0 Å². The molecule has 1 aliphatic heterocycles. The third-order valence-corrected chi connectivity index (χ3v) is 6.46. The van der Waals surface area contributed by atoms with Crippen molar-refractivity contribution in [2.24, 2.45) is 11.8 Å². The van der Waals surface area contributed by atoms with Crippen molar-refractivity contribution in [1.82, 2.24) is 15.3 Å². The quantitative estimate of drug-likeness (QED) is 0.907. The molecule has 2 saturated carbocycles. The van der Waals surface area contributed by atoms with Gasteiger partial charge in [0.25, 0.3) is 0 Å². The zero-order valence-corrected chi connectivity index (χ0v) is 14.5. The number of nitrogens with zero attached hydrogens (tertiary/aromatic N) is 3. The molecule has 0 spiro atoms. The summed E-state index contributed by atoms with van der Waals surface area (Å²) in [6.07, 6.45) is 8.75. The second-order valence-corrected chi connectivity index (χ2v) is 8.29. The summed E-state index contributed by atoms with van der Waals surface area (Å²) in [5, 5.41) is 6.52.